The fraction of sp³-hybridized carbons (Fsp3) is 0.600. The van der Waals surface area contributed by atoms with Gasteiger partial charge in [0.25, 0.3) is 0 Å². The second-order valence-corrected chi connectivity index (χ2v) is 7.67. The van der Waals surface area contributed by atoms with Gasteiger partial charge in [-0.1, -0.05) is 6.92 Å². The highest BCUT2D eigenvalue weighted by molar-refractivity contribution is 14.0. The minimum Gasteiger partial charge on any atom is -0.357 e. The van der Waals surface area contributed by atoms with Crippen molar-refractivity contribution in [2.24, 2.45) is 10.9 Å². The van der Waals surface area contributed by atoms with Crippen LogP contribution in [0.3, 0.4) is 0 Å². The second kappa shape index (κ2) is 9.73. The van der Waals surface area contributed by atoms with Crippen molar-refractivity contribution in [1.82, 2.24) is 24.9 Å². The molecule has 0 amide bonds. The van der Waals surface area contributed by atoms with E-state index in [1.165, 1.54) is 5.56 Å². The molecule has 2 aromatic heterocycles. The summed E-state index contributed by atoms with van der Waals surface area (Å²) < 4.78 is 2.05. The van der Waals surface area contributed by atoms with Crippen LogP contribution in [0.2, 0.25) is 0 Å². The maximum Gasteiger partial charge on any atom is 0.191 e. The molecule has 1 saturated heterocycles. The summed E-state index contributed by atoms with van der Waals surface area (Å²) in [5, 5.41) is 7.00. The van der Waals surface area contributed by atoms with Crippen LogP contribution < -0.4 is 10.6 Å². The number of fused-ring (bicyclic) bond motifs is 1. The van der Waals surface area contributed by atoms with Crippen LogP contribution in [-0.4, -0.2) is 52.0 Å². The van der Waals surface area contributed by atoms with Gasteiger partial charge in [-0.25, -0.2) is 9.98 Å². The molecule has 2 atom stereocenters. The van der Waals surface area contributed by atoms with E-state index >= 15 is 0 Å². The molecule has 1 aliphatic heterocycles. The Bertz CT molecular complexity index is 769. The average molecular weight is 484 g/mol. The van der Waals surface area contributed by atoms with Crippen LogP contribution in [0.25, 0.3) is 5.65 Å². The Morgan fingerprint density at radius 2 is 2.15 bits per heavy atom. The highest BCUT2D eigenvalue weighted by atomic mass is 127. The second-order valence-electron chi connectivity index (χ2n) is 7.67. The number of likely N-dealkylation sites (tertiary alicyclic amines) is 1. The molecule has 3 heterocycles. The quantitative estimate of drug-likeness (QED) is 0.389. The summed E-state index contributed by atoms with van der Waals surface area (Å²) >= 11 is 0. The first-order chi connectivity index (χ1) is 12.5. The van der Waals surface area contributed by atoms with Crippen LogP contribution in [0.15, 0.2) is 29.5 Å². The zero-order chi connectivity index (χ0) is 18.7. The number of aryl methyl sites for hydroxylation is 1. The molecule has 0 spiro atoms. The monoisotopic (exact) mass is 484 g/mol. The fourth-order valence-electron chi connectivity index (χ4n) is 3.48. The number of halogens is 1. The van der Waals surface area contributed by atoms with Gasteiger partial charge in [-0.05, 0) is 51.3 Å². The average Bonchev–Trinajstić information content (AvgIpc) is 3.16. The summed E-state index contributed by atoms with van der Waals surface area (Å²) in [6.07, 6.45) is 4.11. The molecule has 1 fully saturated rings. The Morgan fingerprint density at radius 3 is 2.81 bits per heavy atom. The number of pyridine rings is 1. The zero-order valence-corrected chi connectivity index (χ0v) is 19.4. The van der Waals surface area contributed by atoms with Crippen LogP contribution in [-0.2, 0) is 6.54 Å². The van der Waals surface area contributed by atoms with Gasteiger partial charge < -0.3 is 15.0 Å². The van der Waals surface area contributed by atoms with Crippen molar-refractivity contribution in [1.29, 1.82) is 0 Å². The first-order valence-electron chi connectivity index (χ1n) is 9.69. The maximum atomic E-state index is 4.77. The van der Waals surface area contributed by atoms with Gasteiger partial charge in [0, 0.05) is 44.1 Å². The first-order valence-corrected chi connectivity index (χ1v) is 9.69. The molecule has 150 valence electrons. The summed E-state index contributed by atoms with van der Waals surface area (Å²) in [4.78, 5) is 12.0. The van der Waals surface area contributed by atoms with E-state index in [1.54, 1.807) is 0 Å². The number of nitrogens with one attached hydrogen (secondary N) is 2. The molecular formula is C20H33IN6. The molecule has 2 N–H and O–H groups in total. The third kappa shape index (κ3) is 5.57. The van der Waals surface area contributed by atoms with Crippen molar-refractivity contribution in [2.75, 3.05) is 19.6 Å². The van der Waals surface area contributed by atoms with Crippen molar-refractivity contribution < 1.29 is 0 Å². The lowest BCUT2D eigenvalue weighted by atomic mass is 10.1. The first kappa shape index (κ1) is 21.9. The maximum absolute atomic E-state index is 4.77. The normalized spacial score (nSPS) is 20.9. The van der Waals surface area contributed by atoms with Crippen LogP contribution in [0.1, 0.15) is 39.0 Å². The molecule has 1 aliphatic rings. The third-order valence-electron chi connectivity index (χ3n) is 5.10. The van der Waals surface area contributed by atoms with Crippen molar-refractivity contribution in [2.45, 2.75) is 53.2 Å². The van der Waals surface area contributed by atoms with Crippen molar-refractivity contribution in [3.8, 4) is 0 Å². The van der Waals surface area contributed by atoms with Gasteiger partial charge in [-0.3, -0.25) is 4.90 Å². The van der Waals surface area contributed by atoms with Gasteiger partial charge in [0.15, 0.2) is 5.96 Å². The van der Waals surface area contributed by atoms with Crippen LogP contribution in [0.5, 0.6) is 0 Å². The van der Waals surface area contributed by atoms with Gasteiger partial charge in [0.05, 0.1) is 12.2 Å². The van der Waals surface area contributed by atoms with Gasteiger partial charge in [0.2, 0.25) is 0 Å². The molecule has 0 bridgehead atoms. The molecule has 0 aromatic carbocycles. The number of aliphatic imine (C=N–C) groups is 1. The summed E-state index contributed by atoms with van der Waals surface area (Å²) in [5.41, 5.74) is 3.18. The minimum atomic E-state index is 0. The van der Waals surface area contributed by atoms with E-state index in [0.717, 1.165) is 36.9 Å². The number of rotatable bonds is 5. The van der Waals surface area contributed by atoms with Crippen molar-refractivity contribution >= 4 is 35.6 Å². The third-order valence-corrected chi connectivity index (χ3v) is 5.10. The van der Waals surface area contributed by atoms with E-state index in [-0.39, 0.29) is 24.0 Å². The standard InChI is InChI=1S/C20H32N6.HI/c1-6-21-20(24-18-13-26(14(2)3)11-16(18)5)22-10-17-12-25-8-7-15(4)9-19(25)23-17;/h7-9,12,14,16,18H,6,10-11,13H2,1-5H3,(H2,21,22,24);1H. The van der Waals surface area contributed by atoms with Gasteiger partial charge >= 0.3 is 0 Å². The molecule has 6 nitrogen and oxygen atoms in total. The molecule has 7 heteroatoms. The molecule has 2 unspecified atom stereocenters. The van der Waals surface area contributed by atoms with Gasteiger partial charge in [0.1, 0.15) is 5.65 Å². The molecular weight excluding hydrogens is 451 g/mol. The summed E-state index contributed by atoms with van der Waals surface area (Å²) in [5.74, 6) is 1.49. The lowest BCUT2D eigenvalue weighted by molar-refractivity contribution is 0.265. The molecule has 2 aromatic rings. The topological polar surface area (TPSA) is 57.0 Å². The van der Waals surface area contributed by atoms with E-state index in [0.29, 0.717) is 24.5 Å². The molecule has 0 aliphatic carbocycles. The van der Waals surface area contributed by atoms with Crippen molar-refractivity contribution in [3.63, 3.8) is 0 Å². The molecule has 3 rings (SSSR count). The van der Waals surface area contributed by atoms with Crippen molar-refractivity contribution in [3.05, 3.63) is 35.8 Å². The smallest absolute Gasteiger partial charge is 0.191 e. The van der Waals surface area contributed by atoms with Crippen LogP contribution in [0, 0.1) is 12.8 Å². The van der Waals surface area contributed by atoms with Gasteiger partial charge in [-0.15, -0.1) is 24.0 Å². The van der Waals surface area contributed by atoms with E-state index < -0.39 is 0 Å². The largest absolute Gasteiger partial charge is 0.357 e. The number of aromatic nitrogens is 2. The lowest BCUT2D eigenvalue weighted by Gasteiger charge is -2.21. The van der Waals surface area contributed by atoms with E-state index in [2.05, 4.69) is 84.1 Å². The number of hydrogen-bond acceptors (Lipinski definition) is 3. The molecule has 0 saturated carbocycles. The van der Waals surface area contributed by atoms with E-state index in [1.807, 2.05) is 0 Å². The Morgan fingerprint density at radius 1 is 1.37 bits per heavy atom. The SMILES string of the molecule is CCNC(=NCc1cn2ccc(C)cc2n1)NC1CN(C(C)C)CC1C.I. The molecule has 27 heavy (non-hydrogen) atoms. The summed E-state index contributed by atoms with van der Waals surface area (Å²) in [7, 11) is 0. The summed E-state index contributed by atoms with van der Waals surface area (Å²) in [6, 6.07) is 5.20. The number of hydrogen-bond donors (Lipinski definition) is 2. The Kier molecular flexibility index (Phi) is 7.91. The van der Waals surface area contributed by atoms with E-state index in [9.17, 15) is 0 Å². The summed E-state index contributed by atoms with van der Waals surface area (Å²) in [6.45, 7) is 14.7. The van der Waals surface area contributed by atoms with E-state index in [4.69, 9.17) is 4.99 Å². The number of nitrogens with zero attached hydrogens (tertiary/aromatic N) is 4. The minimum absolute atomic E-state index is 0. The predicted molar refractivity (Wildman–Crippen MR) is 123 cm³/mol. The predicted octanol–water partition coefficient (Wildman–Crippen LogP) is 3.04. The van der Waals surface area contributed by atoms with Gasteiger partial charge in [-0.2, -0.15) is 0 Å². The highest BCUT2D eigenvalue weighted by Gasteiger charge is 2.31. The van der Waals surface area contributed by atoms with Crippen LogP contribution in [0.4, 0.5) is 0 Å². The number of guanidine groups is 1. The zero-order valence-electron chi connectivity index (χ0n) is 17.1. The lowest BCUT2D eigenvalue weighted by Crippen LogP contribution is -2.46. The Hall–Kier alpha value is -1.35. The highest BCUT2D eigenvalue weighted by Crippen LogP contribution is 2.18. The Balaban J connectivity index is 0.00000261. The fourth-order valence-corrected chi connectivity index (χ4v) is 3.48. The number of imidazole rings is 1. The van der Waals surface area contributed by atoms with Crippen LogP contribution >= 0.6 is 24.0 Å². The Labute approximate surface area is 179 Å². The molecule has 0 radical (unpaired) electrons.